The molecule has 12 nitrogen and oxygen atoms in total. The number of rotatable bonds is 15. The van der Waals surface area contributed by atoms with Crippen LogP contribution in [-0.4, -0.2) is 64.0 Å². The van der Waals surface area contributed by atoms with Crippen molar-refractivity contribution in [2.75, 3.05) is 0 Å². The molecule has 0 aliphatic rings. The minimum absolute atomic E-state index is 0.0120. The fourth-order valence-electron chi connectivity index (χ4n) is 3.97. The lowest BCUT2D eigenvalue weighted by Crippen LogP contribution is -2.58. The second kappa shape index (κ2) is 15.2. The molecule has 0 aliphatic carbocycles. The Labute approximate surface area is 232 Å². The highest BCUT2D eigenvalue weighted by atomic mass is 16.4. The molecule has 40 heavy (non-hydrogen) atoms. The summed E-state index contributed by atoms with van der Waals surface area (Å²) in [6.07, 6.45) is -0.269. The first-order valence-corrected chi connectivity index (χ1v) is 12.8. The summed E-state index contributed by atoms with van der Waals surface area (Å²) in [6.45, 7) is 3.62. The third kappa shape index (κ3) is 10.7. The van der Waals surface area contributed by atoms with Crippen LogP contribution in [0.5, 0.6) is 5.75 Å². The predicted molar refractivity (Wildman–Crippen MR) is 147 cm³/mol. The quantitative estimate of drug-likeness (QED) is 0.158. The van der Waals surface area contributed by atoms with Crippen LogP contribution in [0, 0.1) is 5.92 Å². The molecule has 12 heteroatoms. The van der Waals surface area contributed by atoms with E-state index in [0.717, 1.165) is 5.56 Å². The summed E-state index contributed by atoms with van der Waals surface area (Å²) in [7, 11) is 0. The van der Waals surface area contributed by atoms with Crippen LogP contribution < -0.4 is 27.4 Å². The number of benzene rings is 2. The van der Waals surface area contributed by atoms with Gasteiger partial charge in [0.25, 0.3) is 0 Å². The highest BCUT2D eigenvalue weighted by Crippen LogP contribution is 2.13. The fourth-order valence-corrected chi connectivity index (χ4v) is 3.97. The molecule has 0 aromatic heterocycles. The zero-order valence-electron chi connectivity index (χ0n) is 22.5. The van der Waals surface area contributed by atoms with Crippen molar-refractivity contribution in [2.24, 2.45) is 17.4 Å². The van der Waals surface area contributed by atoms with Crippen molar-refractivity contribution >= 4 is 29.6 Å². The molecule has 0 saturated carbocycles. The third-order valence-electron chi connectivity index (χ3n) is 6.00. The van der Waals surface area contributed by atoms with Crippen molar-refractivity contribution in [1.29, 1.82) is 0 Å². The summed E-state index contributed by atoms with van der Waals surface area (Å²) < 4.78 is 0. The summed E-state index contributed by atoms with van der Waals surface area (Å²) in [5, 5.41) is 26.5. The van der Waals surface area contributed by atoms with Gasteiger partial charge in [0.15, 0.2) is 0 Å². The average Bonchev–Trinajstić information content (AvgIpc) is 2.88. The highest BCUT2D eigenvalue weighted by Gasteiger charge is 2.31. The van der Waals surface area contributed by atoms with E-state index in [-0.39, 0.29) is 30.9 Å². The molecule has 4 unspecified atom stereocenters. The number of primary amides is 1. The molecule has 4 amide bonds. The number of carbonyl (C=O) groups excluding carboxylic acids is 4. The van der Waals surface area contributed by atoms with Gasteiger partial charge in [-0.15, -0.1) is 0 Å². The molecule has 2 rings (SSSR count). The van der Waals surface area contributed by atoms with Crippen LogP contribution in [0.4, 0.5) is 0 Å². The normalized spacial score (nSPS) is 13.9. The number of aromatic hydroxyl groups is 1. The summed E-state index contributed by atoms with van der Waals surface area (Å²) in [5.74, 6) is -4.50. The Bertz CT molecular complexity index is 1170. The number of nitrogens with one attached hydrogen (secondary N) is 3. The molecular weight excluding hydrogens is 518 g/mol. The van der Waals surface area contributed by atoms with Crippen LogP contribution in [-0.2, 0) is 36.8 Å². The number of carbonyl (C=O) groups is 5. The first-order chi connectivity index (χ1) is 18.8. The van der Waals surface area contributed by atoms with E-state index >= 15 is 0 Å². The Kier molecular flexibility index (Phi) is 12.1. The topological polar surface area (TPSA) is 214 Å². The largest absolute Gasteiger partial charge is 0.508 e. The third-order valence-corrected chi connectivity index (χ3v) is 6.00. The Morgan fingerprint density at radius 2 is 1.27 bits per heavy atom. The number of hydrogen-bond acceptors (Lipinski definition) is 7. The van der Waals surface area contributed by atoms with Gasteiger partial charge in [-0.1, -0.05) is 56.3 Å². The van der Waals surface area contributed by atoms with E-state index in [2.05, 4.69) is 16.0 Å². The number of nitrogens with two attached hydrogens (primary N) is 2. The standard InChI is InChI=1S/C28H37N5O7/c1-16(2)12-21(26(37)33-23(28(39)40)14-18-8-10-19(34)11-9-18)32-27(38)22(15-24(30)35)31-25(36)20(29)13-17-6-4-3-5-7-17/h3-11,16,20-23,34H,12-15,29H2,1-2H3,(H2,30,35)(H,31,36)(H,32,38)(H,33,37)(H,39,40). The van der Waals surface area contributed by atoms with Gasteiger partial charge >= 0.3 is 5.97 Å². The average molecular weight is 556 g/mol. The van der Waals surface area contributed by atoms with Gasteiger partial charge in [0.05, 0.1) is 12.5 Å². The lowest BCUT2D eigenvalue weighted by molar-refractivity contribution is -0.142. The summed E-state index contributed by atoms with van der Waals surface area (Å²) in [5.41, 5.74) is 12.7. The maximum atomic E-state index is 13.1. The molecule has 2 aromatic rings. The highest BCUT2D eigenvalue weighted by molar-refractivity contribution is 5.96. The van der Waals surface area contributed by atoms with Crippen LogP contribution in [0.3, 0.4) is 0 Å². The second-order valence-electron chi connectivity index (χ2n) is 9.99. The van der Waals surface area contributed by atoms with Gasteiger partial charge in [-0.25, -0.2) is 4.79 Å². The van der Waals surface area contributed by atoms with Gasteiger partial charge in [0.2, 0.25) is 23.6 Å². The van der Waals surface area contributed by atoms with Gasteiger partial charge < -0.3 is 37.6 Å². The van der Waals surface area contributed by atoms with Crippen LogP contribution in [0.1, 0.15) is 37.8 Å². The van der Waals surface area contributed by atoms with E-state index in [9.17, 15) is 34.2 Å². The second-order valence-corrected chi connectivity index (χ2v) is 9.99. The summed E-state index contributed by atoms with van der Waals surface area (Å²) in [4.78, 5) is 62.5. The van der Waals surface area contributed by atoms with E-state index in [1.54, 1.807) is 24.3 Å². The lowest BCUT2D eigenvalue weighted by atomic mass is 10.0. The van der Waals surface area contributed by atoms with Crippen molar-refractivity contribution < 1.29 is 34.2 Å². The SMILES string of the molecule is CC(C)CC(NC(=O)C(CC(N)=O)NC(=O)C(N)Cc1ccccc1)C(=O)NC(Cc1ccc(O)cc1)C(=O)O. The molecule has 0 bridgehead atoms. The van der Waals surface area contributed by atoms with E-state index in [4.69, 9.17) is 11.5 Å². The summed E-state index contributed by atoms with van der Waals surface area (Å²) in [6, 6.07) is 9.95. The Hall–Kier alpha value is -4.45. The predicted octanol–water partition coefficient (Wildman–Crippen LogP) is -0.0348. The van der Waals surface area contributed by atoms with Crippen LogP contribution in [0.25, 0.3) is 0 Å². The Morgan fingerprint density at radius 3 is 1.82 bits per heavy atom. The molecule has 0 saturated heterocycles. The molecule has 4 atom stereocenters. The van der Waals surface area contributed by atoms with Crippen molar-refractivity contribution in [1.82, 2.24) is 16.0 Å². The van der Waals surface area contributed by atoms with E-state index in [1.165, 1.54) is 24.3 Å². The number of phenols is 1. The van der Waals surface area contributed by atoms with Crippen molar-refractivity contribution in [3.05, 3.63) is 65.7 Å². The van der Waals surface area contributed by atoms with Crippen molar-refractivity contribution in [2.45, 2.75) is 63.7 Å². The number of aliphatic carboxylic acids is 1. The van der Waals surface area contributed by atoms with Gasteiger partial charge in [-0.3, -0.25) is 19.2 Å². The minimum atomic E-state index is -1.40. The molecule has 0 spiro atoms. The minimum Gasteiger partial charge on any atom is -0.508 e. The van der Waals surface area contributed by atoms with E-state index in [1.807, 2.05) is 19.9 Å². The smallest absolute Gasteiger partial charge is 0.326 e. The number of phenolic OH excluding ortho intramolecular Hbond substituents is 1. The van der Waals surface area contributed by atoms with Crippen molar-refractivity contribution in [3.63, 3.8) is 0 Å². The van der Waals surface area contributed by atoms with Crippen LogP contribution >= 0.6 is 0 Å². The molecule has 0 aliphatic heterocycles. The number of carboxylic acids is 1. The molecule has 0 heterocycles. The molecular formula is C28H37N5O7. The maximum Gasteiger partial charge on any atom is 0.326 e. The van der Waals surface area contributed by atoms with Gasteiger partial charge in [-0.2, -0.15) is 0 Å². The molecule has 0 radical (unpaired) electrons. The maximum absolute atomic E-state index is 13.1. The van der Waals surface area contributed by atoms with Gasteiger partial charge in [-0.05, 0) is 42.0 Å². The number of hydrogen-bond donors (Lipinski definition) is 7. The molecule has 2 aromatic carbocycles. The Balaban J connectivity index is 2.13. The van der Waals surface area contributed by atoms with E-state index in [0.29, 0.717) is 5.56 Å². The number of amides is 4. The zero-order valence-corrected chi connectivity index (χ0v) is 22.5. The van der Waals surface area contributed by atoms with Gasteiger partial charge in [0, 0.05) is 6.42 Å². The van der Waals surface area contributed by atoms with Crippen LogP contribution in [0.15, 0.2) is 54.6 Å². The number of carboxylic acid groups (broad SMARTS) is 1. The molecule has 0 fully saturated rings. The summed E-state index contributed by atoms with van der Waals surface area (Å²) >= 11 is 0. The first kappa shape index (κ1) is 31.8. The first-order valence-electron chi connectivity index (χ1n) is 12.8. The van der Waals surface area contributed by atoms with Gasteiger partial charge in [0.1, 0.15) is 23.9 Å². The zero-order chi connectivity index (χ0) is 29.8. The monoisotopic (exact) mass is 555 g/mol. The molecule has 9 N–H and O–H groups in total. The van der Waals surface area contributed by atoms with Crippen molar-refractivity contribution in [3.8, 4) is 5.75 Å². The van der Waals surface area contributed by atoms with E-state index < -0.39 is 60.2 Å². The Morgan fingerprint density at radius 1 is 0.750 bits per heavy atom. The van der Waals surface area contributed by atoms with Crippen LogP contribution in [0.2, 0.25) is 0 Å². The lowest BCUT2D eigenvalue weighted by Gasteiger charge is -2.26. The fraction of sp³-hybridized carbons (Fsp3) is 0.393. The molecule has 216 valence electrons.